The van der Waals surface area contributed by atoms with E-state index in [1.54, 1.807) is 6.20 Å². The maximum absolute atomic E-state index is 5.87. The molecule has 106 valence electrons. The molecule has 1 aliphatic rings. The van der Waals surface area contributed by atoms with Gasteiger partial charge >= 0.3 is 0 Å². The highest BCUT2D eigenvalue weighted by atomic mass is 16.6. The molecule has 19 heavy (non-hydrogen) atoms. The Morgan fingerprint density at radius 1 is 1.26 bits per heavy atom. The van der Waals surface area contributed by atoms with Gasteiger partial charge in [0.15, 0.2) is 5.75 Å². The Kier molecular flexibility index (Phi) is 3.88. The molecular formula is C15H23NO3. The Morgan fingerprint density at radius 3 is 2.47 bits per heavy atom. The standard InChI is InChI=1S/C15H23NO3/c1-10(2)17-13-12(18-11-6-7-11)8-9-16-14(13)19-15(3,4)5/h8-11H,6-7H2,1-5H3. The molecule has 0 amide bonds. The maximum Gasteiger partial charge on any atom is 0.261 e. The molecule has 0 saturated heterocycles. The Balaban J connectivity index is 2.28. The molecule has 0 N–H and O–H groups in total. The smallest absolute Gasteiger partial charge is 0.261 e. The molecule has 4 nitrogen and oxygen atoms in total. The first-order valence-corrected chi connectivity index (χ1v) is 6.86. The van der Waals surface area contributed by atoms with Gasteiger partial charge in [0.25, 0.3) is 5.88 Å². The van der Waals surface area contributed by atoms with Gasteiger partial charge in [-0.15, -0.1) is 0 Å². The molecule has 1 aliphatic carbocycles. The summed E-state index contributed by atoms with van der Waals surface area (Å²) in [6, 6.07) is 1.84. The van der Waals surface area contributed by atoms with Gasteiger partial charge in [0.2, 0.25) is 5.75 Å². The normalized spacial score (nSPS) is 15.5. The zero-order valence-corrected chi connectivity index (χ0v) is 12.4. The second kappa shape index (κ2) is 5.27. The van der Waals surface area contributed by atoms with E-state index in [4.69, 9.17) is 14.2 Å². The van der Waals surface area contributed by atoms with Crippen molar-refractivity contribution in [3.63, 3.8) is 0 Å². The predicted octanol–water partition coefficient (Wildman–Crippen LogP) is 3.59. The fraction of sp³-hybridized carbons (Fsp3) is 0.667. The first kappa shape index (κ1) is 14.0. The Bertz CT molecular complexity index is 434. The van der Waals surface area contributed by atoms with Gasteiger partial charge in [-0.05, 0) is 47.5 Å². The van der Waals surface area contributed by atoms with Crippen molar-refractivity contribution in [3.8, 4) is 17.4 Å². The molecule has 1 aromatic rings. The maximum atomic E-state index is 5.87. The lowest BCUT2D eigenvalue weighted by molar-refractivity contribution is 0.110. The van der Waals surface area contributed by atoms with Crippen LogP contribution in [0.4, 0.5) is 0 Å². The molecule has 0 aromatic carbocycles. The van der Waals surface area contributed by atoms with Crippen LogP contribution in [0.2, 0.25) is 0 Å². The quantitative estimate of drug-likeness (QED) is 0.815. The third-order valence-electron chi connectivity index (χ3n) is 2.41. The topological polar surface area (TPSA) is 40.6 Å². The van der Waals surface area contributed by atoms with Crippen LogP contribution in [-0.4, -0.2) is 22.8 Å². The van der Waals surface area contributed by atoms with Crippen molar-refractivity contribution in [2.24, 2.45) is 0 Å². The SMILES string of the molecule is CC(C)Oc1c(OC2CC2)ccnc1OC(C)(C)C. The molecule has 1 aromatic heterocycles. The van der Waals surface area contributed by atoms with Crippen LogP contribution in [0.25, 0.3) is 0 Å². The second-order valence-electron chi connectivity index (χ2n) is 6.14. The molecule has 2 rings (SSSR count). The minimum atomic E-state index is -0.319. The first-order chi connectivity index (χ1) is 8.85. The number of pyridine rings is 1. The third-order valence-corrected chi connectivity index (χ3v) is 2.41. The highest BCUT2D eigenvalue weighted by Gasteiger charge is 2.27. The van der Waals surface area contributed by atoms with E-state index in [1.807, 2.05) is 40.7 Å². The highest BCUT2D eigenvalue weighted by Crippen LogP contribution is 2.40. The summed E-state index contributed by atoms with van der Waals surface area (Å²) >= 11 is 0. The molecule has 1 saturated carbocycles. The summed E-state index contributed by atoms with van der Waals surface area (Å²) in [4.78, 5) is 4.28. The number of hydrogen-bond acceptors (Lipinski definition) is 4. The summed E-state index contributed by atoms with van der Waals surface area (Å²) in [5.74, 6) is 1.84. The number of rotatable bonds is 5. The molecule has 0 aliphatic heterocycles. The zero-order valence-electron chi connectivity index (χ0n) is 12.4. The number of ether oxygens (including phenoxy) is 3. The van der Waals surface area contributed by atoms with E-state index in [9.17, 15) is 0 Å². The minimum Gasteiger partial charge on any atom is -0.486 e. The van der Waals surface area contributed by atoms with Gasteiger partial charge in [-0.25, -0.2) is 4.98 Å². The van der Waals surface area contributed by atoms with Gasteiger partial charge in [-0.1, -0.05) is 0 Å². The Morgan fingerprint density at radius 2 is 1.95 bits per heavy atom. The van der Waals surface area contributed by atoms with Crippen molar-refractivity contribution < 1.29 is 14.2 Å². The van der Waals surface area contributed by atoms with Crippen LogP contribution in [-0.2, 0) is 0 Å². The largest absolute Gasteiger partial charge is 0.486 e. The molecule has 1 heterocycles. The van der Waals surface area contributed by atoms with Crippen molar-refractivity contribution in [2.45, 2.75) is 65.3 Å². The van der Waals surface area contributed by atoms with Crippen LogP contribution >= 0.6 is 0 Å². The van der Waals surface area contributed by atoms with E-state index in [0.29, 0.717) is 17.7 Å². The molecule has 1 fully saturated rings. The van der Waals surface area contributed by atoms with E-state index in [2.05, 4.69) is 4.98 Å². The average Bonchev–Trinajstić information content (AvgIpc) is 3.04. The van der Waals surface area contributed by atoms with Crippen LogP contribution < -0.4 is 14.2 Å². The molecule has 0 radical (unpaired) electrons. The second-order valence-corrected chi connectivity index (χ2v) is 6.14. The lowest BCUT2D eigenvalue weighted by atomic mass is 10.2. The van der Waals surface area contributed by atoms with Crippen LogP contribution in [0, 0.1) is 0 Å². The van der Waals surface area contributed by atoms with Crippen molar-refractivity contribution >= 4 is 0 Å². The molecule has 0 unspecified atom stereocenters. The average molecular weight is 265 g/mol. The van der Waals surface area contributed by atoms with E-state index in [-0.39, 0.29) is 11.7 Å². The molecule has 0 atom stereocenters. The first-order valence-electron chi connectivity index (χ1n) is 6.86. The zero-order chi connectivity index (χ0) is 14.0. The monoisotopic (exact) mass is 265 g/mol. The van der Waals surface area contributed by atoms with Gasteiger partial charge in [-0.3, -0.25) is 0 Å². The van der Waals surface area contributed by atoms with Crippen LogP contribution in [0.3, 0.4) is 0 Å². The van der Waals surface area contributed by atoms with Gasteiger partial charge < -0.3 is 14.2 Å². The summed E-state index contributed by atoms with van der Waals surface area (Å²) in [7, 11) is 0. The van der Waals surface area contributed by atoms with Crippen molar-refractivity contribution in [2.75, 3.05) is 0 Å². The van der Waals surface area contributed by atoms with Gasteiger partial charge in [0.05, 0.1) is 12.2 Å². The fourth-order valence-corrected chi connectivity index (χ4v) is 1.58. The van der Waals surface area contributed by atoms with Crippen molar-refractivity contribution in [1.29, 1.82) is 0 Å². The minimum absolute atomic E-state index is 0.0491. The Labute approximate surface area is 115 Å². The highest BCUT2D eigenvalue weighted by molar-refractivity contribution is 5.47. The van der Waals surface area contributed by atoms with Crippen LogP contribution in [0.15, 0.2) is 12.3 Å². The third kappa shape index (κ3) is 4.30. The molecular weight excluding hydrogens is 242 g/mol. The van der Waals surface area contributed by atoms with Crippen LogP contribution in [0.1, 0.15) is 47.5 Å². The summed E-state index contributed by atoms with van der Waals surface area (Å²) in [5.41, 5.74) is -0.319. The predicted molar refractivity (Wildman–Crippen MR) is 74.0 cm³/mol. The summed E-state index contributed by atoms with van der Waals surface area (Å²) < 4.78 is 17.6. The van der Waals surface area contributed by atoms with E-state index in [1.165, 1.54) is 0 Å². The summed E-state index contributed by atoms with van der Waals surface area (Å²) in [6.45, 7) is 9.93. The molecule has 0 spiro atoms. The van der Waals surface area contributed by atoms with E-state index >= 15 is 0 Å². The molecule has 4 heteroatoms. The van der Waals surface area contributed by atoms with E-state index < -0.39 is 0 Å². The number of hydrogen-bond donors (Lipinski definition) is 0. The van der Waals surface area contributed by atoms with Crippen LogP contribution in [0.5, 0.6) is 17.4 Å². The lowest BCUT2D eigenvalue weighted by Crippen LogP contribution is -2.24. The number of nitrogens with zero attached hydrogens (tertiary/aromatic N) is 1. The van der Waals surface area contributed by atoms with E-state index in [0.717, 1.165) is 18.6 Å². The van der Waals surface area contributed by atoms with Gasteiger partial charge in [0.1, 0.15) is 5.60 Å². The lowest BCUT2D eigenvalue weighted by Gasteiger charge is -2.24. The van der Waals surface area contributed by atoms with Gasteiger partial charge in [0, 0.05) is 12.3 Å². The Hall–Kier alpha value is -1.45. The van der Waals surface area contributed by atoms with Crippen molar-refractivity contribution in [3.05, 3.63) is 12.3 Å². The van der Waals surface area contributed by atoms with Crippen molar-refractivity contribution in [1.82, 2.24) is 4.98 Å². The summed E-state index contributed by atoms with van der Waals surface area (Å²) in [5, 5.41) is 0. The van der Waals surface area contributed by atoms with Gasteiger partial charge in [-0.2, -0.15) is 0 Å². The molecule has 0 bridgehead atoms. The number of aromatic nitrogens is 1. The fourth-order valence-electron chi connectivity index (χ4n) is 1.58. The summed E-state index contributed by atoms with van der Waals surface area (Å²) in [6.07, 6.45) is 4.29.